The number of benzene rings is 2. The molecule has 0 saturated carbocycles. The van der Waals surface area contributed by atoms with Gasteiger partial charge in [0.05, 0.1) is 23.3 Å². The van der Waals surface area contributed by atoms with Crippen LogP contribution in [0.5, 0.6) is 0 Å². The molecule has 3 aromatic rings. The van der Waals surface area contributed by atoms with E-state index in [9.17, 15) is 0 Å². The monoisotopic (exact) mass is 371 g/mol. The lowest BCUT2D eigenvalue weighted by molar-refractivity contribution is 0.785. The van der Waals surface area contributed by atoms with Crippen LogP contribution in [0, 0.1) is 6.92 Å². The van der Waals surface area contributed by atoms with Crippen LogP contribution >= 0.6 is 23.2 Å². The Kier molecular flexibility index (Phi) is 5.26. The summed E-state index contributed by atoms with van der Waals surface area (Å²) >= 11 is 11.8. The topological polar surface area (TPSA) is 55.4 Å². The minimum atomic E-state index is 0.677. The Morgan fingerprint density at radius 3 is 2.24 bits per heavy atom. The van der Waals surface area contributed by atoms with Crippen molar-refractivity contribution in [3.8, 4) is 5.69 Å². The fraction of sp³-hybridized carbons (Fsp3) is 0.111. The zero-order valence-corrected chi connectivity index (χ0v) is 15.2. The Hall–Kier alpha value is -2.50. The minimum Gasteiger partial charge on any atom is -0.217 e. The van der Waals surface area contributed by atoms with Gasteiger partial charge in [-0.3, -0.25) is 0 Å². The Bertz CT molecular complexity index is 925. The maximum Gasteiger partial charge on any atom is 0.132 e. The molecule has 0 aliphatic heterocycles. The molecule has 0 fully saturated rings. The van der Waals surface area contributed by atoms with E-state index in [2.05, 4.69) is 20.5 Å². The Labute approximate surface area is 155 Å². The Morgan fingerprint density at radius 2 is 1.60 bits per heavy atom. The molecule has 0 aliphatic carbocycles. The first kappa shape index (κ1) is 17.3. The molecule has 25 heavy (non-hydrogen) atoms. The highest BCUT2D eigenvalue weighted by Crippen LogP contribution is 2.16. The summed E-state index contributed by atoms with van der Waals surface area (Å²) < 4.78 is 1.74. The molecule has 7 heteroatoms. The molecular weight excluding hydrogens is 357 g/mol. The Morgan fingerprint density at radius 1 is 1.00 bits per heavy atom. The summed E-state index contributed by atoms with van der Waals surface area (Å²) in [6.45, 7) is 3.79. The molecular formula is C18H15Cl2N5. The number of hydrogen-bond donors (Lipinski definition) is 0. The van der Waals surface area contributed by atoms with E-state index in [-0.39, 0.29) is 0 Å². The van der Waals surface area contributed by atoms with E-state index >= 15 is 0 Å². The summed E-state index contributed by atoms with van der Waals surface area (Å²) in [4.78, 5) is 0. The van der Waals surface area contributed by atoms with Gasteiger partial charge in [0.15, 0.2) is 0 Å². The van der Waals surface area contributed by atoms with Gasteiger partial charge in [-0.15, -0.1) is 5.10 Å². The van der Waals surface area contributed by atoms with Crippen molar-refractivity contribution in [1.29, 1.82) is 0 Å². The normalized spacial score (nSPS) is 12.1. The molecule has 0 bridgehead atoms. The first-order valence-electron chi connectivity index (χ1n) is 7.56. The maximum absolute atomic E-state index is 5.92. The van der Waals surface area contributed by atoms with Gasteiger partial charge in [0.1, 0.15) is 5.69 Å². The molecule has 3 rings (SSSR count). The van der Waals surface area contributed by atoms with Gasteiger partial charge in [-0.1, -0.05) is 40.5 Å². The average molecular weight is 372 g/mol. The second kappa shape index (κ2) is 7.59. The summed E-state index contributed by atoms with van der Waals surface area (Å²) in [7, 11) is 0. The fourth-order valence-electron chi connectivity index (χ4n) is 2.27. The van der Waals surface area contributed by atoms with E-state index in [4.69, 9.17) is 23.2 Å². The van der Waals surface area contributed by atoms with Crippen molar-refractivity contribution in [1.82, 2.24) is 15.0 Å². The average Bonchev–Trinajstić information content (AvgIpc) is 2.99. The molecule has 0 unspecified atom stereocenters. The van der Waals surface area contributed by atoms with Gasteiger partial charge in [-0.25, -0.2) is 4.68 Å². The van der Waals surface area contributed by atoms with E-state index in [0.29, 0.717) is 21.5 Å². The van der Waals surface area contributed by atoms with Crippen LogP contribution in [-0.4, -0.2) is 26.9 Å². The van der Waals surface area contributed by atoms with Crippen molar-refractivity contribution in [2.24, 2.45) is 10.2 Å². The summed E-state index contributed by atoms with van der Waals surface area (Å²) in [5.74, 6) is 0. The second-order valence-corrected chi connectivity index (χ2v) is 6.27. The molecule has 1 aromatic heterocycles. The molecule has 1 heterocycles. The van der Waals surface area contributed by atoms with Gasteiger partial charge >= 0.3 is 0 Å². The van der Waals surface area contributed by atoms with Crippen molar-refractivity contribution in [2.75, 3.05) is 0 Å². The molecule has 0 spiro atoms. The number of rotatable bonds is 4. The third-order valence-corrected chi connectivity index (χ3v) is 4.10. The van der Waals surface area contributed by atoms with Crippen LogP contribution in [0.25, 0.3) is 5.69 Å². The van der Waals surface area contributed by atoms with Crippen LogP contribution in [0.2, 0.25) is 10.0 Å². The predicted molar refractivity (Wildman–Crippen MR) is 102 cm³/mol. The zero-order valence-electron chi connectivity index (χ0n) is 13.7. The smallest absolute Gasteiger partial charge is 0.132 e. The van der Waals surface area contributed by atoms with Crippen LogP contribution < -0.4 is 0 Å². The third-order valence-electron chi connectivity index (χ3n) is 3.59. The van der Waals surface area contributed by atoms with Crippen molar-refractivity contribution < 1.29 is 0 Å². The molecule has 5 nitrogen and oxygen atoms in total. The van der Waals surface area contributed by atoms with E-state index in [1.165, 1.54) is 0 Å². The molecule has 2 aromatic carbocycles. The maximum atomic E-state index is 5.92. The summed E-state index contributed by atoms with van der Waals surface area (Å²) in [5, 5.41) is 18.1. The number of hydrogen-bond acceptors (Lipinski definition) is 4. The Balaban J connectivity index is 1.81. The quantitative estimate of drug-likeness (QED) is 0.491. The van der Waals surface area contributed by atoms with Gasteiger partial charge in [0.25, 0.3) is 0 Å². The molecule has 0 radical (unpaired) electrons. The van der Waals surface area contributed by atoms with Crippen LogP contribution in [0.1, 0.15) is 23.9 Å². The lowest BCUT2D eigenvalue weighted by Crippen LogP contribution is -2.01. The summed E-state index contributed by atoms with van der Waals surface area (Å²) in [6.07, 6.45) is 1.67. The standard InChI is InChI=1S/C18H15Cl2N5/c1-12(22-21-11-14-3-5-15(19)6-4-14)18-13(2)25(24-23-18)17-9-7-16(20)8-10-17/h3-11H,1-2H3/b21-11+,22-12+. The van der Waals surface area contributed by atoms with Crippen LogP contribution in [0.3, 0.4) is 0 Å². The van der Waals surface area contributed by atoms with E-state index < -0.39 is 0 Å². The number of nitrogens with zero attached hydrogens (tertiary/aromatic N) is 5. The van der Waals surface area contributed by atoms with Crippen LogP contribution in [0.4, 0.5) is 0 Å². The summed E-state index contributed by atoms with van der Waals surface area (Å²) in [6, 6.07) is 14.8. The molecule has 0 N–H and O–H groups in total. The molecule has 0 amide bonds. The third kappa shape index (κ3) is 4.13. The predicted octanol–water partition coefficient (Wildman–Crippen LogP) is 4.73. The van der Waals surface area contributed by atoms with Gasteiger partial charge < -0.3 is 0 Å². The first-order valence-corrected chi connectivity index (χ1v) is 8.32. The molecule has 0 saturated heterocycles. The lowest BCUT2D eigenvalue weighted by Gasteiger charge is -2.03. The van der Waals surface area contributed by atoms with Gasteiger partial charge in [-0.2, -0.15) is 10.2 Å². The van der Waals surface area contributed by atoms with Crippen molar-refractivity contribution in [2.45, 2.75) is 13.8 Å². The molecule has 0 aliphatic rings. The van der Waals surface area contributed by atoms with Crippen molar-refractivity contribution in [3.05, 3.63) is 75.5 Å². The molecule has 126 valence electrons. The zero-order chi connectivity index (χ0) is 17.8. The SMILES string of the molecule is C/C(=N\N=C\c1ccc(Cl)cc1)c1nnn(-c2ccc(Cl)cc2)c1C. The fourth-order valence-corrected chi connectivity index (χ4v) is 2.52. The number of halogens is 2. The first-order chi connectivity index (χ1) is 12.0. The minimum absolute atomic E-state index is 0.677. The van der Waals surface area contributed by atoms with Crippen molar-refractivity contribution >= 4 is 35.1 Å². The van der Waals surface area contributed by atoms with E-state index in [0.717, 1.165) is 16.9 Å². The molecule has 0 atom stereocenters. The number of aromatic nitrogens is 3. The second-order valence-electron chi connectivity index (χ2n) is 5.39. The lowest BCUT2D eigenvalue weighted by atomic mass is 10.2. The summed E-state index contributed by atoms with van der Waals surface area (Å²) in [5.41, 5.74) is 4.07. The highest BCUT2D eigenvalue weighted by atomic mass is 35.5. The van der Waals surface area contributed by atoms with Crippen LogP contribution in [0.15, 0.2) is 58.7 Å². The van der Waals surface area contributed by atoms with E-state index in [1.54, 1.807) is 23.0 Å². The van der Waals surface area contributed by atoms with Gasteiger partial charge in [0.2, 0.25) is 0 Å². The largest absolute Gasteiger partial charge is 0.217 e. The highest BCUT2D eigenvalue weighted by Gasteiger charge is 2.12. The van der Waals surface area contributed by atoms with Gasteiger partial charge in [-0.05, 0) is 55.8 Å². The van der Waals surface area contributed by atoms with Gasteiger partial charge in [0, 0.05) is 10.0 Å². The van der Waals surface area contributed by atoms with Crippen LogP contribution in [-0.2, 0) is 0 Å². The van der Waals surface area contributed by atoms with E-state index in [1.807, 2.05) is 50.2 Å². The highest BCUT2D eigenvalue weighted by molar-refractivity contribution is 6.30. The van der Waals surface area contributed by atoms with Crippen molar-refractivity contribution in [3.63, 3.8) is 0 Å².